The van der Waals surface area contributed by atoms with Crippen LogP contribution in [0.25, 0.3) is 10.9 Å². The Morgan fingerprint density at radius 2 is 2.30 bits per heavy atom. The number of amidine groups is 1. The topological polar surface area (TPSA) is 80.2 Å². The van der Waals surface area contributed by atoms with Gasteiger partial charge in [0.15, 0.2) is 0 Å². The SMILES string of the molecule is Cn1nc(CN2CCOC(C(=N)N)C2)c2ccccc21. The molecule has 1 saturated heterocycles. The lowest BCUT2D eigenvalue weighted by molar-refractivity contribution is 0.00201. The average molecular weight is 273 g/mol. The van der Waals surface area contributed by atoms with Crippen molar-refractivity contribution in [2.45, 2.75) is 12.6 Å². The van der Waals surface area contributed by atoms with Gasteiger partial charge in [-0.1, -0.05) is 18.2 Å². The molecule has 20 heavy (non-hydrogen) atoms. The summed E-state index contributed by atoms with van der Waals surface area (Å²) < 4.78 is 7.39. The van der Waals surface area contributed by atoms with Crippen LogP contribution < -0.4 is 5.73 Å². The zero-order chi connectivity index (χ0) is 14.1. The monoisotopic (exact) mass is 273 g/mol. The second kappa shape index (κ2) is 5.22. The molecule has 3 N–H and O–H groups in total. The van der Waals surface area contributed by atoms with Gasteiger partial charge in [-0.15, -0.1) is 0 Å². The third kappa shape index (κ3) is 2.39. The van der Waals surface area contributed by atoms with Crippen molar-refractivity contribution in [2.75, 3.05) is 19.7 Å². The standard InChI is InChI=1S/C14H19N5O/c1-18-12-5-3-2-4-10(12)11(17-18)8-19-6-7-20-13(9-19)14(15)16/h2-5,13H,6-9H2,1H3,(H3,15,16). The number of nitrogens with zero attached hydrogens (tertiary/aromatic N) is 3. The van der Waals surface area contributed by atoms with E-state index >= 15 is 0 Å². The largest absolute Gasteiger partial charge is 0.385 e. The maximum absolute atomic E-state index is 7.50. The minimum absolute atomic E-state index is 0.0978. The summed E-state index contributed by atoms with van der Waals surface area (Å²) in [4.78, 5) is 2.24. The van der Waals surface area contributed by atoms with Crippen molar-refractivity contribution >= 4 is 16.7 Å². The first-order valence-electron chi connectivity index (χ1n) is 6.73. The van der Waals surface area contributed by atoms with Gasteiger partial charge in [-0.2, -0.15) is 5.10 Å². The van der Waals surface area contributed by atoms with Crippen molar-refractivity contribution in [2.24, 2.45) is 12.8 Å². The number of para-hydroxylation sites is 1. The number of hydrogen-bond donors (Lipinski definition) is 2. The van der Waals surface area contributed by atoms with Gasteiger partial charge in [0.1, 0.15) is 11.9 Å². The summed E-state index contributed by atoms with van der Waals surface area (Å²) in [7, 11) is 1.96. The van der Waals surface area contributed by atoms with E-state index in [4.69, 9.17) is 15.9 Å². The molecule has 2 heterocycles. The van der Waals surface area contributed by atoms with Crippen LogP contribution in [-0.2, 0) is 18.3 Å². The van der Waals surface area contributed by atoms with Crippen molar-refractivity contribution in [3.8, 4) is 0 Å². The predicted octanol–water partition coefficient (Wildman–Crippen LogP) is 0.710. The van der Waals surface area contributed by atoms with Gasteiger partial charge in [0.05, 0.1) is 17.8 Å². The number of fused-ring (bicyclic) bond motifs is 1. The Kier molecular flexibility index (Phi) is 3.42. The molecule has 6 nitrogen and oxygen atoms in total. The molecular formula is C14H19N5O. The summed E-state index contributed by atoms with van der Waals surface area (Å²) in [5.41, 5.74) is 7.73. The summed E-state index contributed by atoms with van der Waals surface area (Å²) in [5, 5.41) is 13.3. The van der Waals surface area contributed by atoms with Crippen LogP contribution >= 0.6 is 0 Å². The maximum Gasteiger partial charge on any atom is 0.127 e. The molecule has 0 spiro atoms. The first-order chi connectivity index (χ1) is 9.65. The maximum atomic E-state index is 7.50. The zero-order valence-corrected chi connectivity index (χ0v) is 11.5. The molecule has 106 valence electrons. The fourth-order valence-electron chi connectivity index (χ4n) is 2.65. The van der Waals surface area contributed by atoms with E-state index in [2.05, 4.69) is 22.1 Å². The molecule has 0 saturated carbocycles. The Morgan fingerprint density at radius 1 is 1.50 bits per heavy atom. The second-order valence-corrected chi connectivity index (χ2v) is 5.14. The van der Waals surface area contributed by atoms with Gasteiger partial charge in [0, 0.05) is 32.1 Å². The highest BCUT2D eigenvalue weighted by atomic mass is 16.5. The summed E-state index contributed by atoms with van der Waals surface area (Å²) in [5.74, 6) is 0.0978. The van der Waals surface area contributed by atoms with Crippen LogP contribution in [0.3, 0.4) is 0 Å². The highest BCUT2D eigenvalue weighted by molar-refractivity contribution is 5.82. The Bertz CT molecular complexity index is 636. The van der Waals surface area contributed by atoms with Crippen LogP contribution in [0.4, 0.5) is 0 Å². The third-order valence-corrected chi connectivity index (χ3v) is 3.71. The van der Waals surface area contributed by atoms with E-state index in [1.54, 1.807) is 0 Å². The lowest BCUT2D eigenvalue weighted by Gasteiger charge is -2.31. The minimum atomic E-state index is -0.293. The number of nitrogens with two attached hydrogens (primary N) is 1. The molecule has 3 rings (SSSR count). The van der Waals surface area contributed by atoms with E-state index in [9.17, 15) is 0 Å². The van der Waals surface area contributed by atoms with Crippen molar-refractivity contribution in [1.82, 2.24) is 14.7 Å². The molecule has 1 atom stereocenters. The molecule has 1 aliphatic heterocycles. The second-order valence-electron chi connectivity index (χ2n) is 5.14. The van der Waals surface area contributed by atoms with E-state index < -0.39 is 0 Å². The van der Waals surface area contributed by atoms with Gasteiger partial charge in [0.2, 0.25) is 0 Å². The van der Waals surface area contributed by atoms with Crippen LogP contribution in [0.2, 0.25) is 0 Å². The third-order valence-electron chi connectivity index (χ3n) is 3.71. The average Bonchev–Trinajstić information content (AvgIpc) is 2.76. The summed E-state index contributed by atoms with van der Waals surface area (Å²) in [6.45, 7) is 2.86. The normalized spacial score (nSPS) is 20.4. The number of morpholine rings is 1. The first kappa shape index (κ1) is 13.1. The number of ether oxygens (including phenoxy) is 1. The van der Waals surface area contributed by atoms with E-state index in [1.165, 1.54) is 5.39 Å². The van der Waals surface area contributed by atoms with Crippen LogP contribution in [-0.4, -0.2) is 46.3 Å². The Hall–Kier alpha value is -1.92. The zero-order valence-electron chi connectivity index (χ0n) is 11.5. The number of aromatic nitrogens is 2. The quantitative estimate of drug-likeness (QED) is 0.637. The molecule has 1 unspecified atom stereocenters. The molecule has 0 amide bonds. The molecular weight excluding hydrogens is 254 g/mol. The van der Waals surface area contributed by atoms with Gasteiger partial charge in [-0.05, 0) is 6.07 Å². The highest BCUT2D eigenvalue weighted by Crippen LogP contribution is 2.19. The van der Waals surface area contributed by atoms with Crippen molar-refractivity contribution in [3.05, 3.63) is 30.0 Å². The Morgan fingerprint density at radius 3 is 3.10 bits per heavy atom. The fourth-order valence-corrected chi connectivity index (χ4v) is 2.65. The van der Waals surface area contributed by atoms with Crippen LogP contribution in [0, 0.1) is 5.41 Å². The van der Waals surface area contributed by atoms with Gasteiger partial charge in [-0.25, -0.2) is 0 Å². The van der Waals surface area contributed by atoms with Crippen molar-refractivity contribution in [3.63, 3.8) is 0 Å². The van der Waals surface area contributed by atoms with E-state index in [1.807, 2.05) is 23.9 Å². The number of benzene rings is 1. The summed E-state index contributed by atoms with van der Waals surface area (Å²) >= 11 is 0. The molecule has 0 radical (unpaired) electrons. The Balaban J connectivity index is 1.81. The number of hydrogen-bond acceptors (Lipinski definition) is 4. The molecule has 1 aromatic heterocycles. The predicted molar refractivity (Wildman–Crippen MR) is 77.6 cm³/mol. The summed E-state index contributed by atoms with van der Waals surface area (Å²) in [6, 6.07) is 8.23. The lowest BCUT2D eigenvalue weighted by Crippen LogP contribution is -2.47. The fraction of sp³-hybridized carbons (Fsp3) is 0.429. The molecule has 0 bridgehead atoms. The van der Waals surface area contributed by atoms with Gasteiger partial charge < -0.3 is 10.5 Å². The van der Waals surface area contributed by atoms with Crippen molar-refractivity contribution < 1.29 is 4.74 Å². The van der Waals surface area contributed by atoms with E-state index in [-0.39, 0.29) is 11.9 Å². The Labute approximate surface area is 117 Å². The molecule has 0 aliphatic carbocycles. The first-order valence-corrected chi connectivity index (χ1v) is 6.73. The van der Waals surface area contributed by atoms with Crippen molar-refractivity contribution in [1.29, 1.82) is 5.41 Å². The van der Waals surface area contributed by atoms with E-state index in [0.717, 1.165) is 24.3 Å². The highest BCUT2D eigenvalue weighted by Gasteiger charge is 2.23. The van der Waals surface area contributed by atoms with Gasteiger partial charge >= 0.3 is 0 Å². The van der Waals surface area contributed by atoms with Crippen LogP contribution in [0.15, 0.2) is 24.3 Å². The molecule has 2 aromatic rings. The van der Waals surface area contributed by atoms with Gasteiger partial charge in [0.25, 0.3) is 0 Å². The molecule has 1 aliphatic rings. The van der Waals surface area contributed by atoms with Crippen LogP contribution in [0.1, 0.15) is 5.69 Å². The lowest BCUT2D eigenvalue weighted by atomic mass is 10.2. The molecule has 6 heteroatoms. The summed E-state index contributed by atoms with van der Waals surface area (Å²) in [6.07, 6.45) is -0.293. The number of rotatable bonds is 3. The van der Waals surface area contributed by atoms with Crippen LogP contribution in [0.5, 0.6) is 0 Å². The smallest absolute Gasteiger partial charge is 0.127 e. The molecule has 1 aromatic carbocycles. The number of aryl methyl sites for hydroxylation is 1. The number of nitrogens with one attached hydrogen (secondary N) is 1. The van der Waals surface area contributed by atoms with Gasteiger partial charge in [-0.3, -0.25) is 15.0 Å². The van der Waals surface area contributed by atoms with E-state index in [0.29, 0.717) is 13.2 Å². The minimum Gasteiger partial charge on any atom is -0.385 e. The molecule has 1 fully saturated rings.